The fraction of sp³-hybridized carbons (Fsp3) is 0.304. The Hall–Kier alpha value is -3.40. The first-order chi connectivity index (χ1) is 16.0. The summed E-state index contributed by atoms with van der Waals surface area (Å²) in [5, 5.41) is 11.6. The zero-order valence-electron chi connectivity index (χ0n) is 18.3. The van der Waals surface area contributed by atoms with Gasteiger partial charge in [-0.1, -0.05) is 19.1 Å². The van der Waals surface area contributed by atoms with Gasteiger partial charge in [0.1, 0.15) is 4.60 Å². The molecule has 0 saturated heterocycles. The number of carbonyl (C=O) groups excluding carboxylic acids is 1. The Morgan fingerprint density at radius 1 is 1.18 bits per heavy atom. The molecule has 168 valence electrons. The largest absolute Gasteiger partial charge is 0.359 e. The van der Waals surface area contributed by atoms with Crippen LogP contribution in [0.2, 0.25) is 0 Å². The van der Waals surface area contributed by atoms with Crippen molar-refractivity contribution in [3.63, 3.8) is 0 Å². The van der Waals surface area contributed by atoms with E-state index in [-0.39, 0.29) is 17.4 Å². The number of anilines is 1. The van der Waals surface area contributed by atoms with Crippen molar-refractivity contribution in [3.05, 3.63) is 53.7 Å². The first-order valence-corrected chi connectivity index (χ1v) is 11.5. The summed E-state index contributed by atoms with van der Waals surface area (Å²) in [7, 11) is 1.68. The number of fused-ring (bicyclic) bond motifs is 1. The lowest BCUT2D eigenvalue weighted by Gasteiger charge is -2.22. The predicted molar refractivity (Wildman–Crippen MR) is 129 cm³/mol. The molecule has 2 N–H and O–H groups in total. The Labute approximate surface area is 199 Å². The van der Waals surface area contributed by atoms with Gasteiger partial charge in [-0.25, -0.2) is 9.67 Å². The monoisotopic (exact) mass is 506 g/mol. The summed E-state index contributed by atoms with van der Waals surface area (Å²) in [6, 6.07) is 8.06. The molecule has 1 unspecified atom stereocenters. The van der Waals surface area contributed by atoms with E-state index in [0.29, 0.717) is 16.2 Å². The highest BCUT2D eigenvalue weighted by Crippen LogP contribution is 2.39. The van der Waals surface area contributed by atoms with Gasteiger partial charge in [-0.3, -0.25) is 14.8 Å². The van der Waals surface area contributed by atoms with Crippen molar-refractivity contribution in [2.24, 2.45) is 5.41 Å². The molecule has 0 aliphatic heterocycles. The molecule has 1 aliphatic carbocycles. The van der Waals surface area contributed by atoms with Gasteiger partial charge in [-0.2, -0.15) is 10.1 Å². The summed E-state index contributed by atoms with van der Waals surface area (Å²) in [4.78, 5) is 29.9. The summed E-state index contributed by atoms with van der Waals surface area (Å²) in [6.07, 6.45) is 9.28. The van der Waals surface area contributed by atoms with Crippen molar-refractivity contribution in [1.29, 1.82) is 0 Å². The molecule has 0 radical (unpaired) electrons. The minimum atomic E-state index is -0.369. The third-order valence-electron chi connectivity index (χ3n) is 6.20. The van der Waals surface area contributed by atoms with Crippen molar-refractivity contribution in [2.45, 2.75) is 32.2 Å². The second-order valence-electron chi connectivity index (χ2n) is 8.49. The molecule has 3 aromatic heterocycles. The van der Waals surface area contributed by atoms with Gasteiger partial charge in [0, 0.05) is 42.7 Å². The third kappa shape index (κ3) is 4.06. The molecule has 1 aromatic carbocycles. The van der Waals surface area contributed by atoms with Crippen LogP contribution < -0.4 is 10.6 Å². The van der Waals surface area contributed by atoms with Crippen LogP contribution in [0.1, 0.15) is 26.2 Å². The van der Waals surface area contributed by atoms with Crippen LogP contribution in [0.5, 0.6) is 0 Å². The molecule has 33 heavy (non-hydrogen) atoms. The van der Waals surface area contributed by atoms with Crippen LogP contribution >= 0.6 is 15.9 Å². The van der Waals surface area contributed by atoms with Gasteiger partial charge in [-0.15, -0.1) is 0 Å². The van der Waals surface area contributed by atoms with E-state index < -0.39 is 0 Å². The van der Waals surface area contributed by atoms with Gasteiger partial charge in [0.25, 0.3) is 0 Å². The van der Waals surface area contributed by atoms with Crippen LogP contribution in [-0.2, 0) is 4.79 Å². The quantitative estimate of drug-likeness (QED) is 0.423. The van der Waals surface area contributed by atoms with Crippen LogP contribution in [-0.4, -0.2) is 48.7 Å². The number of hydrogen-bond acceptors (Lipinski definition) is 7. The van der Waals surface area contributed by atoms with E-state index >= 15 is 0 Å². The molecule has 0 bridgehead atoms. The maximum Gasteiger partial charge on any atom is 0.225 e. The van der Waals surface area contributed by atoms with E-state index in [1.807, 2.05) is 31.2 Å². The van der Waals surface area contributed by atoms with E-state index in [4.69, 9.17) is 4.98 Å². The average Bonchev–Trinajstić information content (AvgIpc) is 3.39. The molecule has 4 aromatic rings. The van der Waals surface area contributed by atoms with Gasteiger partial charge in [0.15, 0.2) is 5.65 Å². The lowest BCUT2D eigenvalue weighted by atomic mass is 9.87. The van der Waals surface area contributed by atoms with Crippen molar-refractivity contribution >= 4 is 38.8 Å². The Bertz CT molecular complexity index is 1310. The van der Waals surface area contributed by atoms with Gasteiger partial charge in [0.2, 0.25) is 11.9 Å². The Balaban J connectivity index is 1.42. The molecule has 1 saturated carbocycles. The first kappa shape index (κ1) is 21.4. The highest BCUT2D eigenvalue weighted by molar-refractivity contribution is 9.10. The summed E-state index contributed by atoms with van der Waals surface area (Å²) in [5.74, 6) is 0.605. The molecule has 9 nitrogen and oxygen atoms in total. The van der Waals surface area contributed by atoms with Crippen LogP contribution in [0.15, 0.2) is 53.7 Å². The van der Waals surface area contributed by atoms with E-state index in [1.165, 1.54) is 0 Å². The van der Waals surface area contributed by atoms with E-state index in [2.05, 4.69) is 46.6 Å². The van der Waals surface area contributed by atoms with E-state index in [0.717, 1.165) is 41.6 Å². The standard InChI is InChI=1S/C23H23BrN8O/c1-23(21(33)25-2)8-7-15(11-23)29-22-28-12-17-19(24)31-32(20(17)30-22)16-5-3-14(4-6-16)18-13-26-9-10-27-18/h3-6,9-10,12-13,15H,7-8,11H2,1-2H3,(H,25,33)(H,28,29,30)/t15-,23?/m1/s1. The molecule has 2 atom stereocenters. The minimum absolute atomic E-state index is 0.0788. The van der Waals surface area contributed by atoms with Crippen LogP contribution in [0, 0.1) is 5.41 Å². The number of nitrogens with one attached hydrogen (secondary N) is 2. The normalized spacial score (nSPS) is 20.2. The topological polar surface area (TPSA) is 111 Å². The van der Waals surface area contributed by atoms with Crippen molar-refractivity contribution in [3.8, 4) is 16.9 Å². The molecule has 1 fully saturated rings. The van der Waals surface area contributed by atoms with Crippen molar-refractivity contribution in [1.82, 2.24) is 35.0 Å². The first-order valence-electron chi connectivity index (χ1n) is 10.7. The van der Waals surface area contributed by atoms with Crippen LogP contribution in [0.4, 0.5) is 5.95 Å². The molecule has 5 rings (SSSR count). The molecular weight excluding hydrogens is 484 g/mol. The second kappa shape index (κ2) is 8.51. The number of aromatic nitrogens is 6. The predicted octanol–water partition coefficient (Wildman–Crippen LogP) is 3.75. The Morgan fingerprint density at radius 2 is 2.00 bits per heavy atom. The number of hydrogen-bond donors (Lipinski definition) is 2. The number of amides is 1. The molecule has 0 spiro atoms. The average molecular weight is 507 g/mol. The van der Waals surface area contributed by atoms with Gasteiger partial charge >= 0.3 is 0 Å². The van der Waals surface area contributed by atoms with Crippen LogP contribution in [0.25, 0.3) is 28.0 Å². The number of halogens is 1. The lowest BCUT2D eigenvalue weighted by molar-refractivity contribution is -0.129. The van der Waals surface area contributed by atoms with Gasteiger partial charge in [0.05, 0.1) is 23.0 Å². The zero-order chi connectivity index (χ0) is 23.0. The molecule has 1 aliphatic rings. The summed E-state index contributed by atoms with van der Waals surface area (Å²) in [5.41, 5.74) is 2.98. The summed E-state index contributed by atoms with van der Waals surface area (Å²) in [6.45, 7) is 2.01. The maximum atomic E-state index is 12.2. The van der Waals surface area contributed by atoms with Crippen molar-refractivity contribution in [2.75, 3.05) is 12.4 Å². The maximum absolute atomic E-state index is 12.2. The fourth-order valence-electron chi connectivity index (χ4n) is 4.39. The highest BCUT2D eigenvalue weighted by Gasteiger charge is 2.40. The minimum Gasteiger partial charge on any atom is -0.359 e. The molecule has 3 heterocycles. The second-order valence-corrected chi connectivity index (χ2v) is 9.25. The lowest BCUT2D eigenvalue weighted by Crippen LogP contribution is -2.35. The van der Waals surface area contributed by atoms with Crippen molar-refractivity contribution < 1.29 is 4.79 Å². The molecular formula is C23H23BrN8O. The molecule has 10 heteroatoms. The number of rotatable bonds is 5. The SMILES string of the molecule is CNC(=O)C1(C)CC[C@@H](Nc2ncc3c(Br)nn(-c4ccc(-c5cnccn5)cc4)c3n2)C1. The van der Waals surface area contributed by atoms with Gasteiger partial charge < -0.3 is 10.6 Å². The summed E-state index contributed by atoms with van der Waals surface area (Å²) >= 11 is 3.52. The Morgan fingerprint density at radius 3 is 2.73 bits per heavy atom. The zero-order valence-corrected chi connectivity index (χ0v) is 19.9. The van der Waals surface area contributed by atoms with E-state index in [9.17, 15) is 4.79 Å². The number of nitrogens with zero attached hydrogens (tertiary/aromatic N) is 6. The number of carbonyl (C=O) groups is 1. The Kier molecular flexibility index (Phi) is 5.53. The van der Waals surface area contributed by atoms with Gasteiger partial charge in [-0.05, 0) is 47.3 Å². The highest BCUT2D eigenvalue weighted by atomic mass is 79.9. The number of benzene rings is 1. The smallest absolute Gasteiger partial charge is 0.225 e. The third-order valence-corrected chi connectivity index (χ3v) is 6.79. The van der Waals surface area contributed by atoms with Crippen LogP contribution in [0.3, 0.4) is 0 Å². The van der Waals surface area contributed by atoms with E-state index in [1.54, 1.807) is 36.5 Å². The summed E-state index contributed by atoms with van der Waals surface area (Å²) < 4.78 is 2.46. The molecule has 1 amide bonds. The fourth-order valence-corrected chi connectivity index (χ4v) is 4.83.